The maximum atomic E-state index is 10.9. The zero-order chi connectivity index (χ0) is 8.65. The van der Waals surface area contributed by atoms with Crippen molar-refractivity contribution in [3.63, 3.8) is 0 Å². The molecule has 2 atom stereocenters. The molecule has 0 aromatic heterocycles. The molecule has 1 N–H and O–H groups in total. The molecule has 1 rings (SSSR count). The lowest BCUT2D eigenvalue weighted by Gasteiger charge is -1.97. The van der Waals surface area contributed by atoms with Gasteiger partial charge in [-0.15, -0.1) is 0 Å². The van der Waals surface area contributed by atoms with Gasteiger partial charge < -0.3 is 0 Å². The van der Waals surface area contributed by atoms with E-state index in [2.05, 4.69) is 9.93 Å². The third kappa shape index (κ3) is 1.29. The van der Waals surface area contributed by atoms with Crippen molar-refractivity contribution in [3.8, 4) is 0 Å². The second kappa shape index (κ2) is 2.55. The van der Waals surface area contributed by atoms with E-state index in [4.69, 9.17) is 5.26 Å². The lowest BCUT2D eigenvalue weighted by Crippen LogP contribution is -2.01. The van der Waals surface area contributed by atoms with Gasteiger partial charge in [0.1, 0.15) is 11.9 Å². The first-order valence-corrected chi connectivity index (χ1v) is 3.49. The molecule has 0 bridgehead atoms. The van der Waals surface area contributed by atoms with Crippen LogP contribution in [-0.2, 0) is 14.7 Å². The quantitative estimate of drug-likeness (QED) is 0.494. The fourth-order valence-corrected chi connectivity index (χ4v) is 1.55. The Morgan fingerprint density at radius 3 is 2.36 bits per heavy atom. The molecule has 0 heterocycles. The van der Waals surface area contributed by atoms with E-state index in [-0.39, 0.29) is 23.2 Å². The summed E-state index contributed by atoms with van der Waals surface area (Å²) in [6.45, 7) is 5.29. The molecule has 0 radical (unpaired) electrons. The third-order valence-corrected chi connectivity index (χ3v) is 2.31. The van der Waals surface area contributed by atoms with Crippen molar-refractivity contribution < 1.29 is 20.0 Å². The minimum atomic E-state index is -0.301. The molecule has 11 heavy (non-hydrogen) atoms. The van der Waals surface area contributed by atoms with Gasteiger partial charge in [0.25, 0.3) is 0 Å². The predicted octanol–water partition coefficient (Wildman–Crippen LogP) is 1.02. The van der Waals surface area contributed by atoms with E-state index in [1.807, 2.05) is 13.8 Å². The number of ketones is 1. The normalized spacial score (nSPS) is 33.5. The van der Waals surface area contributed by atoms with Crippen LogP contribution in [0.2, 0.25) is 0 Å². The van der Waals surface area contributed by atoms with Crippen molar-refractivity contribution in [1.29, 1.82) is 0 Å². The lowest BCUT2D eigenvalue weighted by atomic mass is 10.1. The van der Waals surface area contributed by atoms with E-state index in [1.165, 1.54) is 6.92 Å². The number of rotatable bonds is 3. The number of hydrogen-bond donors (Lipinski definition) is 1. The van der Waals surface area contributed by atoms with Crippen LogP contribution in [0.1, 0.15) is 20.8 Å². The minimum Gasteiger partial charge on any atom is -0.300 e. The monoisotopic (exact) mass is 160 g/mol. The number of carbonyl (C=O) groups excluding carboxylic acids is 1. The fraction of sp³-hybridized carbons (Fsp3) is 0.857. The van der Waals surface area contributed by atoms with Crippen molar-refractivity contribution in [1.82, 2.24) is 0 Å². The van der Waals surface area contributed by atoms with Crippen molar-refractivity contribution in [2.45, 2.75) is 26.9 Å². The topological polar surface area (TPSA) is 55.8 Å². The van der Waals surface area contributed by atoms with Gasteiger partial charge in [-0.3, -0.25) is 4.79 Å². The molecule has 0 saturated heterocycles. The third-order valence-electron chi connectivity index (χ3n) is 2.31. The Labute approximate surface area is 65.0 Å². The number of Topliss-reactive ketones (excluding diaryl/α,β-unsaturated/α-hetero) is 1. The van der Waals surface area contributed by atoms with Gasteiger partial charge in [0.2, 0.25) is 0 Å². The van der Waals surface area contributed by atoms with Crippen LogP contribution in [0.4, 0.5) is 0 Å². The van der Waals surface area contributed by atoms with Crippen LogP contribution in [0.5, 0.6) is 0 Å². The highest BCUT2D eigenvalue weighted by Crippen LogP contribution is 2.54. The second-order valence-electron chi connectivity index (χ2n) is 3.50. The molecule has 1 aliphatic rings. The zero-order valence-electron chi connectivity index (χ0n) is 6.83. The highest BCUT2D eigenvalue weighted by atomic mass is 17.5. The van der Waals surface area contributed by atoms with Crippen LogP contribution < -0.4 is 0 Å². The SMILES string of the molecule is CC(=O)[C@@H]1C(OOO)C1(C)C. The Hall–Kier alpha value is -0.450. The molecule has 0 amide bonds. The summed E-state index contributed by atoms with van der Waals surface area (Å²) in [5, 5.41) is 11.5. The van der Waals surface area contributed by atoms with E-state index in [0.29, 0.717) is 0 Å². The molecule has 4 nitrogen and oxygen atoms in total. The van der Waals surface area contributed by atoms with Crippen LogP contribution in [-0.4, -0.2) is 17.1 Å². The predicted molar refractivity (Wildman–Crippen MR) is 36.5 cm³/mol. The van der Waals surface area contributed by atoms with E-state index in [9.17, 15) is 4.79 Å². The van der Waals surface area contributed by atoms with Gasteiger partial charge in [0.05, 0.1) is 5.92 Å². The molecule has 0 aromatic rings. The lowest BCUT2D eigenvalue weighted by molar-refractivity contribution is -0.499. The maximum absolute atomic E-state index is 10.9. The van der Waals surface area contributed by atoms with Gasteiger partial charge in [-0.05, 0) is 6.92 Å². The smallest absolute Gasteiger partial charge is 0.136 e. The Kier molecular flexibility index (Phi) is 2.00. The van der Waals surface area contributed by atoms with E-state index in [0.717, 1.165) is 0 Å². The minimum absolute atomic E-state index is 0.0667. The van der Waals surface area contributed by atoms with Gasteiger partial charge in [0.15, 0.2) is 0 Å². The van der Waals surface area contributed by atoms with Gasteiger partial charge in [-0.2, -0.15) is 0 Å². The summed E-state index contributed by atoms with van der Waals surface area (Å²) in [4.78, 5) is 15.4. The van der Waals surface area contributed by atoms with Crippen molar-refractivity contribution in [3.05, 3.63) is 0 Å². The average Bonchev–Trinajstić information content (AvgIpc) is 2.35. The molecule has 1 saturated carbocycles. The maximum Gasteiger partial charge on any atom is 0.136 e. The summed E-state index contributed by atoms with van der Waals surface area (Å²) in [7, 11) is 0. The van der Waals surface area contributed by atoms with E-state index >= 15 is 0 Å². The number of carbonyl (C=O) groups is 1. The Morgan fingerprint density at radius 1 is 1.55 bits per heavy atom. The Bertz CT molecular complexity index is 175. The molecule has 1 fully saturated rings. The molecule has 0 spiro atoms. The molecule has 1 aliphatic carbocycles. The zero-order valence-corrected chi connectivity index (χ0v) is 6.83. The Balaban J connectivity index is 2.53. The highest BCUT2D eigenvalue weighted by Gasteiger charge is 2.63. The van der Waals surface area contributed by atoms with E-state index < -0.39 is 0 Å². The first kappa shape index (κ1) is 8.64. The average molecular weight is 160 g/mol. The fourth-order valence-electron chi connectivity index (χ4n) is 1.55. The molecule has 1 unspecified atom stereocenters. The highest BCUT2D eigenvalue weighted by molar-refractivity contribution is 5.83. The summed E-state index contributed by atoms with van der Waals surface area (Å²) >= 11 is 0. The first-order valence-electron chi connectivity index (χ1n) is 3.49. The van der Waals surface area contributed by atoms with Crippen LogP contribution in [0.15, 0.2) is 0 Å². The van der Waals surface area contributed by atoms with Crippen LogP contribution >= 0.6 is 0 Å². The first-order chi connectivity index (χ1) is 5.01. The van der Waals surface area contributed by atoms with Gasteiger partial charge >= 0.3 is 0 Å². The van der Waals surface area contributed by atoms with Crippen molar-refractivity contribution >= 4 is 5.78 Å². The molecular formula is C7H12O4. The van der Waals surface area contributed by atoms with Crippen molar-refractivity contribution in [2.24, 2.45) is 11.3 Å². The second-order valence-corrected chi connectivity index (χ2v) is 3.50. The van der Waals surface area contributed by atoms with Crippen LogP contribution in [0.3, 0.4) is 0 Å². The molecule has 0 aromatic carbocycles. The molecule has 64 valence electrons. The van der Waals surface area contributed by atoms with Gasteiger partial charge in [-0.1, -0.05) is 18.9 Å². The van der Waals surface area contributed by atoms with Crippen LogP contribution in [0, 0.1) is 11.3 Å². The number of hydrogen-bond acceptors (Lipinski definition) is 4. The summed E-state index contributed by atoms with van der Waals surface area (Å²) in [6.07, 6.45) is -0.301. The Morgan fingerprint density at radius 2 is 2.09 bits per heavy atom. The van der Waals surface area contributed by atoms with Gasteiger partial charge in [-0.25, -0.2) is 10.1 Å². The van der Waals surface area contributed by atoms with E-state index in [1.54, 1.807) is 0 Å². The summed E-state index contributed by atoms with van der Waals surface area (Å²) < 4.78 is 0. The standard InChI is InChI=1S/C7H12O4/c1-4(8)5-6(10-11-9)7(5,2)3/h5-6,9H,1-3H3/t5-,6?/m1/s1. The van der Waals surface area contributed by atoms with Crippen molar-refractivity contribution in [2.75, 3.05) is 0 Å². The van der Waals surface area contributed by atoms with Crippen LogP contribution in [0.25, 0.3) is 0 Å². The summed E-state index contributed by atoms with van der Waals surface area (Å²) in [6, 6.07) is 0. The molecular weight excluding hydrogens is 148 g/mol. The van der Waals surface area contributed by atoms with Gasteiger partial charge in [0, 0.05) is 5.41 Å². The molecule has 0 aliphatic heterocycles. The summed E-state index contributed by atoms with van der Waals surface area (Å²) in [5.41, 5.74) is -0.200. The molecule has 4 heteroatoms. The largest absolute Gasteiger partial charge is 0.300 e. The summed E-state index contributed by atoms with van der Waals surface area (Å²) in [5.74, 6) is -0.0771.